The maximum Gasteiger partial charge on any atom is 0.407 e. The molecule has 43 heavy (non-hydrogen) atoms. The first kappa shape index (κ1) is 27.5. The molecule has 1 unspecified atom stereocenters. The van der Waals surface area contributed by atoms with E-state index in [0.29, 0.717) is 23.5 Å². The van der Waals surface area contributed by atoms with Crippen molar-refractivity contribution >= 4 is 29.1 Å². The van der Waals surface area contributed by atoms with Gasteiger partial charge in [-0.05, 0) is 76.0 Å². The number of hydrogen-bond donors (Lipinski definition) is 3. The minimum atomic E-state index is -0.660. The Morgan fingerprint density at radius 3 is 2.44 bits per heavy atom. The Morgan fingerprint density at radius 2 is 1.72 bits per heavy atom. The van der Waals surface area contributed by atoms with Crippen molar-refractivity contribution in [3.8, 4) is 0 Å². The van der Waals surface area contributed by atoms with Gasteiger partial charge in [0, 0.05) is 24.9 Å². The first-order valence-electron chi connectivity index (χ1n) is 16.1. The molecular weight excluding hydrogens is 554 g/mol. The molecule has 2 aliphatic heterocycles. The fraction of sp³-hybridized carbons (Fsp3) is 0.767. The number of anilines is 1. The van der Waals surface area contributed by atoms with E-state index in [4.69, 9.17) is 18.9 Å². The summed E-state index contributed by atoms with van der Waals surface area (Å²) in [5.41, 5.74) is 0.871. The topological polar surface area (TPSA) is 151 Å². The monoisotopic (exact) mass is 595 g/mol. The number of imidazole rings is 1. The highest BCUT2D eigenvalue weighted by Gasteiger charge is 2.59. The number of rotatable bonds is 6. The second-order valence-corrected chi connectivity index (χ2v) is 13.7. The summed E-state index contributed by atoms with van der Waals surface area (Å²) in [6.07, 6.45) is 12.6. The summed E-state index contributed by atoms with van der Waals surface area (Å²) in [7, 11) is 0. The molecule has 0 radical (unpaired) electrons. The van der Waals surface area contributed by atoms with Gasteiger partial charge in [-0.25, -0.2) is 24.5 Å². The predicted octanol–water partition coefficient (Wildman–Crippen LogP) is 4.00. The Bertz CT molecular complexity index is 1360. The van der Waals surface area contributed by atoms with Crippen molar-refractivity contribution in [3.05, 3.63) is 12.7 Å². The molecule has 13 nitrogen and oxygen atoms in total. The number of hydrogen-bond acceptors (Lipinski definition) is 9. The van der Waals surface area contributed by atoms with Gasteiger partial charge in [0.25, 0.3) is 0 Å². The van der Waals surface area contributed by atoms with E-state index in [0.717, 1.165) is 69.1 Å². The van der Waals surface area contributed by atoms with Gasteiger partial charge in [0.15, 0.2) is 29.0 Å². The van der Waals surface area contributed by atoms with Crippen LogP contribution < -0.4 is 16.0 Å². The third-order valence-corrected chi connectivity index (χ3v) is 10.6. The summed E-state index contributed by atoms with van der Waals surface area (Å²) in [4.78, 5) is 38.9. The van der Waals surface area contributed by atoms with Gasteiger partial charge in [-0.2, -0.15) is 0 Å². The summed E-state index contributed by atoms with van der Waals surface area (Å²) in [6, 6.07) is -0.247. The summed E-state index contributed by atoms with van der Waals surface area (Å²) < 4.78 is 26.9. The minimum absolute atomic E-state index is 0.0296. The molecule has 2 saturated heterocycles. The van der Waals surface area contributed by atoms with Gasteiger partial charge >= 0.3 is 12.1 Å². The zero-order valence-electron chi connectivity index (χ0n) is 24.6. The van der Waals surface area contributed by atoms with Crippen molar-refractivity contribution < 1.29 is 28.5 Å². The quantitative estimate of drug-likeness (QED) is 0.450. The van der Waals surface area contributed by atoms with Crippen LogP contribution in [0.3, 0.4) is 0 Å². The summed E-state index contributed by atoms with van der Waals surface area (Å²) >= 11 is 0. The SMILES string of the molecule is CCNC(=O)OC[C@H]1O[C@@H](n2cnc3c(NC(=O)NC45CC6CC(CC(C6)C4)C5)ncnc32)[C@H]2OC3(CCCCC3)OC12. The predicted molar refractivity (Wildman–Crippen MR) is 153 cm³/mol. The van der Waals surface area contributed by atoms with Crippen molar-refractivity contribution in [2.75, 3.05) is 18.5 Å². The average Bonchev–Trinajstić information content (AvgIpc) is 3.64. The number of ether oxygens (including phenoxy) is 4. The lowest BCUT2D eigenvalue weighted by atomic mass is 9.53. The van der Waals surface area contributed by atoms with E-state index in [2.05, 4.69) is 30.9 Å². The Hall–Kier alpha value is -3.03. The Balaban J connectivity index is 1.02. The van der Waals surface area contributed by atoms with Crippen molar-refractivity contribution in [1.29, 1.82) is 0 Å². The van der Waals surface area contributed by atoms with Gasteiger partial charge < -0.3 is 29.6 Å². The molecule has 4 atom stereocenters. The Labute approximate surface area is 250 Å². The van der Waals surface area contributed by atoms with Gasteiger partial charge in [-0.1, -0.05) is 6.42 Å². The molecule has 2 aromatic heterocycles. The van der Waals surface area contributed by atoms with Gasteiger partial charge in [-0.15, -0.1) is 0 Å². The molecule has 0 aromatic carbocycles. The first-order valence-corrected chi connectivity index (χ1v) is 16.1. The fourth-order valence-corrected chi connectivity index (χ4v) is 9.31. The van der Waals surface area contributed by atoms with E-state index in [1.54, 1.807) is 6.33 Å². The highest BCUT2D eigenvalue weighted by molar-refractivity contribution is 5.96. The summed E-state index contributed by atoms with van der Waals surface area (Å²) in [6.45, 7) is 2.34. The molecule has 13 heteroatoms. The van der Waals surface area contributed by atoms with Crippen LogP contribution in [0.25, 0.3) is 11.2 Å². The van der Waals surface area contributed by atoms with E-state index in [-0.39, 0.29) is 18.2 Å². The molecule has 2 aromatic rings. The van der Waals surface area contributed by atoms with Crippen LogP contribution in [0.15, 0.2) is 12.7 Å². The molecular formula is C30H41N7O6. The van der Waals surface area contributed by atoms with Crippen LogP contribution in [-0.2, 0) is 18.9 Å². The maximum absolute atomic E-state index is 13.3. The zero-order chi connectivity index (χ0) is 29.2. The largest absolute Gasteiger partial charge is 0.447 e. The van der Waals surface area contributed by atoms with Crippen LogP contribution >= 0.6 is 0 Å². The molecule has 3 N–H and O–H groups in total. The lowest BCUT2D eigenvalue weighted by Gasteiger charge is -2.56. The van der Waals surface area contributed by atoms with Crippen LogP contribution in [-0.4, -0.2) is 74.4 Å². The number of nitrogens with zero attached hydrogens (tertiary/aromatic N) is 4. The van der Waals surface area contributed by atoms with Crippen LogP contribution in [0.5, 0.6) is 0 Å². The van der Waals surface area contributed by atoms with Crippen LogP contribution in [0.1, 0.15) is 83.8 Å². The smallest absolute Gasteiger partial charge is 0.407 e. The molecule has 7 aliphatic rings. The fourth-order valence-electron chi connectivity index (χ4n) is 9.31. The molecule has 5 saturated carbocycles. The van der Waals surface area contributed by atoms with Crippen molar-refractivity contribution in [1.82, 2.24) is 30.2 Å². The third-order valence-electron chi connectivity index (χ3n) is 10.6. The second-order valence-electron chi connectivity index (χ2n) is 13.7. The molecule has 1 spiro atoms. The molecule has 5 aliphatic carbocycles. The molecule has 7 fully saturated rings. The van der Waals surface area contributed by atoms with E-state index in [9.17, 15) is 9.59 Å². The van der Waals surface area contributed by atoms with Gasteiger partial charge in [0.05, 0.1) is 6.33 Å². The molecule has 4 bridgehead atoms. The van der Waals surface area contributed by atoms with Crippen LogP contribution in [0, 0.1) is 17.8 Å². The average molecular weight is 596 g/mol. The number of aromatic nitrogens is 4. The number of fused-ring (bicyclic) bond motifs is 2. The van der Waals surface area contributed by atoms with Gasteiger partial charge in [0.1, 0.15) is 31.2 Å². The summed E-state index contributed by atoms with van der Waals surface area (Å²) in [5.74, 6) is 1.88. The van der Waals surface area contributed by atoms with Crippen molar-refractivity contribution in [2.45, 2.75) is 113 Å². The summed E-state index contributed by atoms with van der Waals surface area (Å²) in [5, 5.41) is 8.97. The Kier molecular flexibility index (Phi) is 6.75. The lowest BCUT2D eigenvalue weighted by Crippen LogP contribution is -2.60. The van der Waals surface area contributed by atoms with Crippen LogP contribution in [0.2, 0.25) is 0 Å². The Morgan fingerprint density at radius 1 is 1.00 bits per heavy atom. The number of carbonyl (C=O) groups is 2. The lowest BCUT2D eigenvalue weighted by molar-refractivity contribution is -0.232. The van der Waals surface area contributed by atoms with Gasteiger partial charge in [-0.3, -0.25) is 9.88 Å². The van der Waals surface area contributed by atoms with Gasteiger partial charge in [0.2, 0.25) is 0 Å². The highest BCUT2D eigenvalue weighted by Crippen LogP contribution is 2.55. The number of alkyl carbamates (subject to hydrolysis) is 1. The molecule has 232 valence electrons. The number of urea groups is 1. The highest BCUT2D eigenvalue weighted by atomic mass is 16.8. The molecule has 4 heterocycles. The second kappa shape index (κ2) is 10.6. The standard InChI is InChI=1S/C30H41N7O6/c1-2-31-28(39)40-14-20-22-23(43-30(42-22)6-4-3-5-7-30)26(41-20)37-16-34-21-24(32-15-33-25(21)37)35-27(38)36-29-11-17-8-18(12-29)10-19(9-17)13-29/h15-20,22-23,26H,2-14H2,1H3,(H,31,39)(H2,32,33,35,36,38)/t17?,18?,19?,20-,22?,23+,26-,29?/m1/s1. The van der Waals surface area contributed by atoms with Crippen molar-refractivity contribution in [3.63, 3.8) is 0 Å². The van der Waals surface area contributed by atoms with E-state index in [1.165, 1.54) is 25.6 Å². The van der Waals surface area contributed by atoms with Crippen LogP contribution in [0.4, 0.5) is 15.4 Å². The van der Waals surface area contributed by atoms with E-state index >= 15 is 0 Å². The molecule has 9 rings (SSSR count). The zero-order valence-corrected chi connectivity index (χ0v) is 24.6. The normalized spacial score (nSPS) is 37.0. The van der Waals surface area contributed by atoms with E-state index in [1.807, 2.05) is 11.5 Å². The molecule has 3 amide bonds. The minimum Gasteiger partial charge on any atom is -0.447 e. The maximum atomic E-state index is 13.3. The first-order chi connectivity index (χ1) is 20.9. The number of amides is 3. The van der Waals surface area contributed by atoms with E-state index < -0.39 is 36.4 Å². The number of carbonyl (C=O) groups excluding carboxylic acids is 2. The third kappa shape index (κ3) is 4.93. The van der Waals surface area contributed by atoms with Crippen molar-refractivity contribution in [2.24, 2.45) is 17.8 Å². The number of nitrogens with one attached hydrogen (secondary N) is 3.